The molecule has 1 heterocycles. The van der Waals surface area contributed by atoms with Gasteiger partial charge in [-0.3, -0.25) is 5.43 Å². The Kier molecular flexibility index (Phi) is 2.97. The Morgan fingerprint density at radius 3 is 2.25 bits per heavy atom. The summed E-state index contributed by atoms with van der Waals surface area (Å²) in [6.45, 7) is 4.77. The van der Waals surface area contributed by atoms with Gasteiger partial charge in [-0.2, -0.15) is 0 Å². The lowest BCUT2D eigenvalue weighted by atomic mass is 9.95. The monoisotopic (exact) mass is 222 g/mol. The highest BCUT2D eigenvalue weighted by molar-refractivity contribution is 4.94. The predicted octanol–water partition coefficient (Wildman–Crippen LogP) is 2.94. The van der Waals surface area contributed by atoms with Gasteiger partial charge in [0.05, 0.1) is 0 Å². The standard InChI is InChI=1S/C14H26N2/c1-10-4-3-5-11(2)16(10)15-14-9-12-6-7-13(14)8-12/h10-15H,3-9H2,1-2H3. The Labute approximate surface area is 99.7 Å². The third-order valence-corrected chi connectivity index (χ3v) is 5.25. The van der Waals surface area contributed by atoms with E-state index in [1.54, 1.807) is 0 Å². The summed E-state index contributed by atoms with van der Waals surface area (Å²) in [5, 5.41) is 2.58. The summed E-state index contributed by atoms with van der Waals surface area (Å²) in [6.07, 6.45) is 10.1. The molecular weight excluding hydrogens is 196 g/mol. The molecule has 3 fully saturated rings. The van der Waals surface area contributed by atoms with Crippen molar-refractivity contribution in [3.63, 3.8) is 0 Å². The van der Waals surface area contributed by atoms with Crippen LogP contribution in [0.5, 0.6) is 0 Å². The summed E-state index contributed by atoms with van der Waals surface area (Å²) in [5.41, 5.74) is 3.88. The van der Waals surface area contributed by atoms with Crippen LogP contribution in [0.4, 0.5) is 0 Å². The van der Waals surface area contributed by atoms with Crippen molar-refractivity contribution in [1.82, 2.24) is 10.4 Å². The van der Waals surface area contributed by atoms with E-state index in [1.807, 2.05) is 0 Å². The summed E-state index contributed by atoms with van der Waals surface area (Å²) in [4.78, 5) is 0. The van der Waals surface area contributed by atoms with Crippen LogP contribution in [-0.4, -0.2) is 23.1 Å². The van der Waals surface area contributed by atoms with Crippen LogP contribution in [0.25, 0.3) is 0 Å². The molecule has 2 bridgehead atoms. The quantitative estimate of drug-likeness (QED) is 0.773. The lowest BCUT2D eigenvalue weighted by Crippen LogP contribution is -2.56. The Bertz CT molecular complexity index is 243. The maximum atomic E-state index is 3.88. The molecule has 0 aromatic rings. The third-order valence-electron chi connectivity index (χ3n) is 5.25. The van der Waals surface area contributed by atoms with E-state index in [0.717, 1.165) is 30.0 Å². The number of hydrazine groups is 1. The van der Waals surface area contributed by atoms with Crippen LogP contribution in [0.1, 0.15) is 58.8 Å². The number of piperidine rings is 1. The van der Waals surface area contributed by atoms with Crippen LogP contribution in [-0.2, 0) is 0 Å². The summed E-state index contributed by atoms with van der Waals surface area (Å²) >= 11 is 0. The van der Waals surface area contributed by atoms with E-state index in [0.29, 0.717) is 0 Å². The van der Waals surface area contributed by atoms with Crippen molar-refractivity contribution in [2.45, 2.75) is 76.9 Å². The molecule has 0 aromatic heterocycles. The molecule has 2 heteroatoms. The average Bonchev–Trinajstić information content (AvgIpc) is 2.85. The molecule has 3 aliphatic rings. The maximum Gasteiger partial charge on any atom is 0.0246 e. The number of hydrogen-bond donors (Lipinski definition) is 1. The van der Waals surface area contributed by atoms with E-state index < -0.39 is 0 Å². The van der Waals surface area contributed by atoms with Crippen molar-refractivity contribution in [3.8, 4) is 0 Å². The molecule has 2 nitrogen and oxygen atoms in total. The SMILES string of the molecule is CC1CCCC(C)N1NC1CC2CCC1C2. The van der Waals surface area contributed by atoms with Gasteiger partial charge in [-0.25, -0.2) is 5.01 Å². The van der Waals surface area contributed by atoms with E-state index in [-0.39, 0.29) is 0 Å². The number of nitrogens with zero attached hydrogens (tertiary/aromatic N) is 1. The topological polar surface area (TPSA) is 15.3 Å². The largest absolute Gasteiger partial charge is 0.251 e. The zero-order valence-corrected chi connectivity index (χ0v) is 10.8. The molecule has 1 saturated heterocycles. The molecule has 2 aliphatic carbocycles. The number of nitrogens with one attached hydrogen (secondary N) is 1. The smallest absolute Gasteiger partial charge is 0.0246 e. The second-order valence-electron chi connectivity index (χ2n) is 6.45. The fraction of sp³-hybridized carbons (Fsp3) is 1.00. The Morgan fingerprint density at radius 1 is 0.938 bits per heavy atom. The van der Waals surface area contributed by atoms with Gasteiger partial charge in [-0.1, -0.05) is 12.8 Å². The van der Waals surface area contributed by atoms with E-state index in [4.69, 9.17) is 0 Å². The first-order valence-corrected chi connectivity index (χ1v) is 7.28. The second-order valence-corrected chi connectivity index (χ2v) is 6.45. The van der Waals surface area contributed by atoms with Crippen LogP contribution in [0, 0.1) is 11.8 Å². The van der Waals surface area contributed by atoms with Crippen molar-refractivity contribution in [2.75, 3.05) is 0 Å². The highest BCUT2D eigenvalue weighted by atomic mass is 15.5. The highest BCUT2D eigenvalue weighted by Crippen LogP contribution is 2.44. The highest BCUT2D eigenvalue weighted by Gasteiger charge is 2.41. The summed E-state index contributed by atoms with van der Waals surface area (Å²) in [7, 11) is 0. The van der Waals surface area contributed by atoms with Crippen LogP contribution in [0.2, 0.25) is 0 Å². The summed E-state index contributed by atoms with van der Waals surface area (Å²) in [5.74, 6) is 2.05. The van der Waals surface area contributed by atoms with Gasteiger partial charge in [0, 0.05) is 18.1 Å². The molecule has 0 aromatic carbocycles. The van der Waals surface area contributed by atoms with Gasteiger partial charge < -0.3 is 0 Å². The van der Waals surface area contributed by atoms with Gasteiger partial charge in [0.1, 0.15) is 0 Å². The minimum absolute atomic E-state index is 0.739. The van der Waals surface area contributed by atoms with Crippen molar-refractivity contribution < 1.29 is 0 Å². The molecule has 3 rings (SSSR count). The van der Waals surface area contributed by atoms with Gasteiger partial charge in [0.2, 0.25) is 0 Å². The van der Waals surface area contributed by atoms with Crippen molar-refractivity contribution in [3.05, 3.63) is 0 Å². The molecule has 2 saturated carbocycles. The zero-order valence-electron chi connectivity index (χ0n) is 10.8. The van der Waals surface area contributed by atoms with Crippen molar-refractivity contribution >= 4 is 0 Å². The maximum absolute atomic E-state index is 3.88. The van der Waals surface area contributed by atoms with Gasteiger partial charge in [0.25, 0.3) is 0 Å². The van der Waals surface area contributed by atoms with Crippen LogP contribution < -0.4 is 5.43 Å². The lowest BCUT2D eigenvalue weighted by Gasteiger charge is -2.42. The first-order chi connectivity index (χ1) is 7.74. The molecule has 5 atom stereocenters. The Hall–Kier alpha value is -0.0800. The van der Waals surface area contributed by atoms with E-state index in [2.05, 4.69) is 24.3 Å². The fourth-order valence-corrected chi connectivity index (χ4v) is 4.27. The fourth-order valence-electron chi connectivity index (χ4n) is 4.27. The van der Waals surface area contributed by atoms with E-state index in [9.17, 15) is 0 Å². The summed E-state index contributed by atoms with van der Waals surface area (Å²) in [6, 6.07) is 2.28. The van der Waals surface area contributed by atoms with Crippen LogP contribution >= 0.6 is 0 Å². The summed E-state index contributed by atoms with van der Waals surface area (Å²) < 4.78 is 0. The second kappa shape index (κ2) is 4.30. The molecule has 0 spiro atoms. The van der Waals surface area contributed by atoms with Gasteiger partial charge >= 0.3 is 0 Å². The minimum atomic E-state index is 0.739. The van der Waals surface area contributed by atoms with Crippen molar-refractivity contribution in [1.29, 1.82) is 0 Å². The number of fused-ring (bicyclic) bond motifs is 2. The molecule has 16 heavy (non-hydrogen) atoms. The Balaban J connectivity index is 1.60. The zero-order chi connectivity index (χ0) is 11.1. The molecule has 1 N–H and O–H groups in total. The number of rotatable bonds is 2. The molecule has 92 valence electrons. The van der Waals surface area contributed by atoms with Gasteiger partial charge in [-0.05, 0) is 57.8 Å². The normalized spacial score (nSPS) is 48.8. The molecule has 0 radical (unpaired) electrons. The van der Waals surface area contributed by atoms with E-state index >= 15 is 0 Å². The minimum Gasteiger partial charge on any atom is -0.251 e. The van der Waals surface area contributed by atoms with E-state index in [1.165, 1.54) is 44.9 Å². The molecule has 1 aliphatic heterocycles. The first-order valence-electron chi connectivity index (χ1n) is 7.28. The molecule has 5 unspecified atom stereocenters. The van der Waals surface area contributed by atoms with Gasteiger partial charge in [0.15, 0.2) is 0 Å². The van der Waals surface area contributed by atoms with Crippen LogP contribution in [0.3, 0.4) is 0 Å². The molecule has 0 amide bonds. The third kappa shape index (κ3) is 1.91. The van der Waals surface area contributed by atoms with Crippen molar-refractivity contribution in [2.24, 2.45) is 11.8 Å². The number of hydrogen-bond acceptors (Lipinski definition) is 2. The first kappa shape index (κ1) is 11.0. The molecular formula is C14H26N2. The predicted molar refractivity (Wildman–Crippen MR) is 67.0 cm³/mol. The van der Waals surface area contributed by atoms with Gasteiger partial charge in [-0.15, -0.1) is 0 Å². The average molecular weight is 222 g/mol. The Morgan fingerprint density at radius 2 is 1.69 bits per heavy atom. The van der Waals surface area contributed by atoms with Crippen LogP contribution in [0.15, 0.2) is 0 Å². The lowest BCUT2D eigenvalue weighted by molar-refractivity contribution is 0.0194.